The average Bonchev–Trinajstić information content (AvgIpc) is 2.43. The number of carbonyl (C=O) groups is 1. The normalized spacial score (nSPS) is 10.1. The Kier molecular flexibility index (Phi) is 3.97. The van der Waals surface area contributed by atoms with Crippen LogP contribution < -0.4 is 4.74 Å². The molecule has 6 heteroatoms. The molecule has 98 valence electrons. The Morgan fingerprint density at radius 3 is 2.68 bits per heavy atom. The summed E-state index contributed by atoms with van der Waals surface area (Å²) in [5, 5.41) is 0.569. The fraction of sp³-hybridized carbons (Fsp3) is 0.154. The van der Waals surface area contributed by atoms with E-state index in [1.165, 1.54) is 19.5 Å². The molecule has 5 nitrogen and oxygen atoms in total. The van der Waals surface area contributed by atoms with Gasteiger partial charge in [0.25, 0.3) is 0 Å². The maximum Gasteiger partial charge on any atom is 0.358 e. The van der Waals surface area contributed by atoms with Crippen molar-refractivity contribution in [2.75, 3.05) is 7.11 Å². The molecule has 0 radical (unpaired) electrons. The van der Waals surface area contributed by atoms with Crippen molar-refractivity contribution in [2.24, 2.45) is 0 Å². The number of aromatic nitrogens is 2. The number of benzene rings is 1. The molecule has 0 spiro atoms. The Morgan fingerprint density at radius 2 is 2.05 bits per heavy atom. The van der Waals surface area contributed by atoms with Crippen molar-refractivity contribution in [1.29, 1.82) is 0 Å². The monoisotopic (exact) mass is 278 g/mol. The van der Waals surface area contributed by atoms with E-state index in [1.807, 2.05) is 13.0 Å². The number of hydrogen-bond acceptors (Lipinski definition) is 5. The molecule has 0 atom stereocenters. The predicted octanol–water partition coefficient (Wildman–Crippen LogP) is 3.02. The summed E-state index contributed by atoms with van der Waals surface area (Å²) < 4.78 is 10.1. The lowest BCUT2D eigenvalue weighted by Crippen LogP contribution is -2.04. The van der Waals surface area contributed by atoms with Crippen LogP contribution in [0.25, 0.3) is 0 Å². The van der Waals surface area contributed by atoms with Crippen molar-refractivity contribution >= 4 is 17.6 Å². The fourth-order valence-electron chi connectivity index (χ4n) is 1.38. The summed E-state index contributed by atoms with van der Waals surface area (Å²) in [5.41, 5.74) is 1.04. The molecule has 0 N–H and O–H groups in total. The van der Waals surface area contributed by atoms with Crippen LogP contribution in [0.1, 0.15) is 16.1 Å². The molecule has 0 saturated carbocycles. The van der Waals surface area contributed by atoms with Gasteiger partial charge in [-0.15, -0.1) is 0 Å². The Morgan fingerprint density at radius 1 is 1.26 bits per heavy atom. The van der Waals surface area contributed by atoms with E-state index in [9.17, 15) is 4.79 Å². The summed E-state index contributed by atoms with van der Waals surface area (Å²) >= 11 is 5.89. The summed E-state index contributed by atoms with van der Waals surface area (Å²) in [7, 11) is 1.28. The van der Waals surface area contributed by atoms with Crippen LogP contribution in [0, 0.1) is 6.92 Å². The highest BCUT2D eigenvalue weighted by Crippen LogP contribution is 2.26. The summed E-state index contributed by atoms with van der Waals surface area (Å²) in [6.45, 7) is 1.89. The lowest BCUT2D eigenvalue weighted by Gasteiger charge is -2.07. The van der Waals surface area contributed by atoms with Gasteiger partial charge in [0.05, 0.1) is 19.5 Å². The van der Waals surface area contributed by atoms with Crippen LogP contribution in [0.4, 0.5) is 0 Å². The largest absolute Gasteiger partial charge is 0.464 e. The van der Waals surface area contributed by atoms with Crippen LogP contribution in [0.3, 0.4) is 0 Å². The number of aryl methyl sites for hydroxylation is 1. The summed E-state index contributed by atoms with van der Waals surface area (Å²) in [4.78, 5) is 19.1. The maximum absolute atomic E-state index is 11.2. The van der Waals surface area contributed by atoms with E-state index in [1.54, 1.807) is 12.1 Å². The zero-order valence-corrected chi connectivity index (χ0v) is 11.1. The zero-order chi connectivity index (χ0) is 13.8. The van der Waals surface area contributed by atoms with Crippen molar-refractivity contribution in [2.45, 2.75) is 6.92 Å². The second kappa shape index (κ2) is 5.67. The van der Waals surface area contributed by atoms with Gasteiger partial charge >= 0.3 is 5.97 Å². The van der Waals surface area contributed by atoms with E-state index in [-0.39, 0.29) is 11.6 Å². The van der Waals surface area contributed by atoms with Crippen molar-refractivity contribution in [3.8, 4) is 11.6 Å². The Bertz CT molecular complexity index is 599. The first-order valence-corrected chi connectivity index (χ1v) is 5.82. The number of ether oxygens (including phenoxy) is 2. The number of esters is 1. The first kappa shape index (κ1) is 13.3. The molecule has 1 heterocycles. The highest BCUT2D eigenvalue weighted by molar-refractivity contribution is 6.30. The van der Waals surface area contributed by atoms with Crippen molar-refractivity contribution in [1.82, 2.24) is 9.97 Å². The topological polar surface area (TPSA) is 61.3 Å². The first-order valence-electron chi connectivity index (χ1n) is 5.44. The van der Waals surface area contributed by atoms with E-state index >= 15 is 0 Å². The van der Waals surface area contributed by atoms with Gasteiger partial charge in [-0.1, -0.05) is 17.7 Å². The molecular weight excluding hydrogens is 268 g/mol. The van der Waals surface area contributed by atoms with E-state index < -0.39 is 5.97 Å². The lowest BCUT2D eigenvalue weighted by atomic mass is 10.2. The number of rotatable bonds is 3. The minimum atomic E-state index is -0.544. The fourth-order valence-corrected chi connectivity index (χ4v) is 1.54. The Hall–Kier alpha value is -2.14. The van der Waals surface area contributed by atoms with Crippen molar-refractivity contribution in [3.05, 3.63) is 46.9 Å². The lowest BCUT2D eigenvalue weighted by molar-refractivity contribution is 0.0593. The molecule has 0 aliphatic heterocycles. The number of halogens is 1. The summed E-state index contributed by atoms with van der Waals surface area (Å²) in [6.07, 6.45) is 2.65. The molecule has 1 aromatic heterocycles. The molecule has 0 amide bonds. The molecule has 0 fully saturated rings. The third-order valence-electron chi connectivity index (χ3n) is 2.39. The molecular formula is C13H11ClN2O3. The molecule has 0 saturated heterocycles. The minimum absolute atomic E-state index is 0.123. The van der Waals surface area contributed by atoms with Gasteiger partial charge in [-0.3, -0.25) is 0 Å². The van der Waals surface area contributed by atoms with E-state index in [0.29, 0.717) is 10.8 Å². The third kappa shape index (κ3) is 3.20. The Balaban J connectivity index is 2.19. The van der Waals surface area contributed by atoms with Crippen LogP contribution in [0.15, 0.2) is 30.6 Å². The molecule has 0 aliphatic carbocycles. The van der Waals surface area contributed by atoms with Gasteiger partial charge in [0.2, 0.25) is 5.88 Å². The van der Waals surface area contributed by atoms with Crippen LogP contribution in [0.5, 0.6) is 11.6 Å². The van der Waals surface area contributed by atoms with Crippen LogP contribution in [-0.2, 0) is 4.74 Å². The predicted molar refractivity (Wildman–Crippen MR) is 69.6 cm³/mol. The number of hydrogen-bond donors (Lipinski definition) is 0. The minimum Gasteiger partial charge on any atom is -0.464 e. The third-order valence-corrected chi connectivity index (χ3v) is 2.62. The molecule has 1 aromatic carbocycles. The molecule has 0 unspecified atom stereocenters. The van der Waals surface area contributed by atoms with Crippen LogP contribution in [0.2, 0.25) is 5.02 Å². The SMILES string of the molecule is COC(=O)c1cnc(Oc2cc(Cl)ccc2C)cn1. The van der Waals surface area contributed by atoms with Gasteiger partial charge in [0.15, 0.2) is 5.69 Å². The smallest absolute Gasteiger partial charge is 0.358 e. The van der Waals surface area contributed by atoms with E-state index in [0.717, 1.165) is 5.56 Å². The molecule has 2 aromatic rings. The van der Waals surface area contributed by atoms with Gasteiger partial charge in [-0.2, -0.15) is 0 Å². The summed E-state index contributed by atoms with van der Waals surface area (Å²) in [5.74, 6) is 0.323. The molecule has 0 aliphatic rings. The number of methoxy groups -OCH3 is 1. The van der Waals surface area contributed by atoms with Crippen LogP contribution in [-0.4, -0.2) is 23.0 Å². The molecule has 0 bridgehead atoms. The van der Waals surface area contributed by atoms with Crippen molar-refractivity contribution in [3.63, 3.8) is 0 Å². The van der Waals surface area contributed by atoms with Gasteiger partial charge in [-0.25, -0.2) is 14.8 Å². The van der Waals surface area contributed by atoms with Gasteiger partial charge < -0.3 is 9.47 Å². The second-order valence-corrected chi connectivity index (χ2v) is 4.18. The summed E-state index contributed by atoms with van der Waals surface area (Å²) in [6, 6.07) is 5.30. The zero-order valence-electron chi connectivity index (χ0n) is 10.4. The highest BCUT2D eigenvalue weighted by Gasteiger charge is 2.09. The van der Waals surface area contributed by atoms with Gasteiger partial charge in [0, 0.05) is 5.02 Å². The average molecular weight is 279 g/mol. The van der Waals surface area contributed by atoms with Crippen LogP contribution >= 0.6 is 11.6 Å². The second-order valence-electron chi connectivity index (χ2n) is 3.74. The van der Waals surface area contributed by atoms with Gasteiger partial charge in [-0.05, 0) is 24.6 Å². The number of carbonyl (C=O) groups excluding carboxylic acids is 1. The standard InChI is InChI=1S/C13H11ClN2O3/c1-8-3-4-9(14)5-11(8)19-12-7-15-10(6-16-12)13(17)18-2/h3-7H,1-2H3. The van der Waals surface area contributed by atoms with Crippen molar-refractivity contribution < 1.29 is 14.3 Å². The van der Waals surface area contributed by atoms with E-state index in [4.69, 9.17) is 16.3 Å². The maximum atomic E-state index is 11.2. The quantitative estimate of drug-likeness (QED) is 0.808. The molecule has 2 rings (SSSR count). The number of nitrogens with zero attached hydrogens (tertiary/aromatic N) is 2. The highest BCUT2D eigenvalue weighted by atomic mass is 35.5. The van der Waals surface area contributed by atoms with E-state index in [2.05, 4.69) is 14.7 Å². The van der Waals surface area contributed by atoms with Gasteiger partial charge in [0.1, 0.15) is 5.75 Å². The Labute approximate surface area is 115 Å². The molecule has 19 heavy (non-hydrogen) atoms. The first-order chi connectivity index (χ1) is 9.10.